The first-order valence-electron chi connectivity index (χ1n) is 11.9. The first-order chi connectivity index (χ1) is 15.6. The molecule has 1 aromatic heterocycles. The van der Waals surface area contributed by atoms with E-state index in [1.807, 2.05) is 0 Å². The summed E-state index contributed by atoms with van der Waals surface area (Å²) in [6, 6.07) is 12.3. The zero-order valence-electron chi connectivity index (χ0n) is 19.1. The van der Waals surface area contributed by atoms with Crippen LogP contribution in [0.25, 0.3) is 0 Å². The number of aryl methyl sites for hydroxylation is 1. The van der Waals surface area contributed by atoms with E-state index in [1.165, 1.54) is 23.1 Å². The molecule has 0 aliphatic carbocycles. The molecule has 2 saturated heterocycles. The molecule has 0 radical (unpaired) electrons. The summed E-state index contributed by atoms with van der Waals surface area (Å²) in [5.41, 5.74) is 2.13. The van der Waals surface area contributed by atoms with Gasteiger partial charge in [-0.15, -0.1) is 0 Å². The van der Waals surface area contributed by atoms with Gasteiger partial charge in [0.05, 0.1) is 11.9 Å². The van der Waals surface area contributed by atoms with Crippen LogP contribution >= 0.6 is 0 Å². The number of nitrogens with zero attached hydrogens (tertiary/aromatic N) is 4. The van der Waals surface area contributed by atoms with Crippen LogP contribution in [-0.2, 0) is 18.4 Å². The first kappa shape index (κ1) is 22.5. The number of amides is 1. The van der Waals surface area contributed by atoms with E-state index in [0.717, 1.165) is 64.2 Å². The van der Waals surface area contributed by atoms with Crippen LogP contribution < -0.4 is 15.8 Å². The first-order valence-corrected chi connectivity index (χ1v) is 11.9. The number of carbonyl (C=O) groups is 1. The van der Waals surface area contributed by atoms with Crippen LogP contribution in [0.1, 0.15) is 37.7 Å². The summed E-state index contributed by atoms with van der Waals surface area (Å²) in [6.45, 7) is 5.67. The number of nitrogens with one attached hydrogen (secondary N) is 1. The third-order valence-corrected chi connectivity index (χ3v) is 6.99. The molecule has 4 rings (SSSR count). The van der Waals surface area contributed by atoms with E-state index in [4.69, 9.17) is 0 Å². The summed E-state index contributed by atoms with van der Waals surface area (Å²) in [7, 11) is 1.65. The van der Waals surface area contributed by atoms with Gasteiger partial charge in [0.2, 0.25) is 5.91 Å². The number of piperidine rings is 2. The predicted molar refractivity (Wildman–Crippen MR) is 126 cm³/mol. The van der Waals surface area contributed by atoms with Crippen LogP contribution in [0.2, 0.25) is 0 Å². The Morgan fingerprint density at radius 3 is 2.47 bits per heavy atom. The van der Waals surface area contributed by atoms with Crippen molar-refractivity contribution in [3.63, 3.8) is 0 Å². The zero-order valence-corrected chi connectivity index (χ0v) is 19.1. The van der Waals surface area contributed by atoms with Crippen LogP contribution in [0.5, 0.6) is 0 Å². The highest BCUT2D eigenvalue weighted by Gasteiger charge is 2.26. The smallest absolute Gasteiger partial charge is 0.268 e. The molecule has 2 aliphatic rings. The maximum atomic E-state index is 12.6. The molecule has 7 heteroatoms. The summed E-state index contributed by atoms with van der Waals surface area (Å²) in [4.78, 5) is 29.1. The van der Waals surface area contributed by atoms with Gasteiger partial charge in [0.25, 0.3) is 5.56 Å². The standard InChI is InChI=1S/C25H35N5O2/c1-28-24(31)17-23(18-27-28)30-15-10-22(11-16-30)25(32)26-12-7-20-8-13-29(14-9-20)19-21-5-3-2-4-6-21/h2-6,17-18,20,22H,7-16,19H2,1H3,(H,26,32). The highest BCUT2D eigenvalue weighted by molar-refractivity contribution is 5.78. The van der Waals surface area contributed by atoms with Gasteiger partial charge in [-0.25, -0.2) is 4.68 Å². The number of carbonyl (C=O) groups excluding carboxylic acids is 1. The second-order valence-electron chi connectivity index (χ2n) is 9.22. The third kappa shape index (κ3) is 5.97. The summed E-state index contributed by atoms with van der Waals surface area (Å²) in [5.74, 6) is 0.962. The molecular formula is C25H35N5O2. The molecule has 0 unspecified atom stereocenters. The van der Waals surface area contributed by atoms with E-state index < -0.39 is 0 Å². The molecule has 2 aromatic rings. The summed E-state index contributed by atoms with van der Waals surface area (Å²) in [5, 5.41) is 7.28. The highest BCUT2D eigenvalue weighted by Crippen LogP contribution is 2.23. The Morgan fingerprint density at radius 2 is 1.78 bits per heavy atom. The van der Waals surface area contributed by atoms with Gasteiger partial charge in [0, 0.05) is 45.2 Å². The van der Waals surface area contributed by atoms with E-state index in [9.17, 15) is 9.59 Å². The molecule has 0 atom stereocenters. The van der Waals surface area contributed by atoms with Gasteiger partial charge >= 0.3 is 0 Å². The average molecular weight is 438 g/mol. The van der Waals surface area contributed by atoms with Gasteiger partial charge in [0.1, 0.15) is 0 Å². The lowest BCUT2D eigenvalue weighted by Gasteiger charge is -2.33. The quantitative estimate of drug-likeness (QED) is 0.720. The van der Waals surface area contributed by atoms with Crippen molar-refractivity contribution in [1.82, 2.24) is 20.0 Å². The normalized spacial score (nSPS) is 18.6. The van der Waals surface area contributed by atoms with Crippen LogP contribution in [-0.4, -0.2) is 53.3 Å². The Kier molecular flexibility index (Phi) is 7.58. The van der Waals surface area contributed by atoms with Crippen molar-refractivity contribution in [2.24, 2.45) is 18.9 Å². The minimum absolute atomic E-state index is 0.0680. The van der Waals surface area contributed by atoms with Crippen molar-refractivity contribution >= 4 is 11.6 Å². The van der Waals surface area contributed by atoms with E-state index in [0.29, 0.717) is 5.92 Å². The lowest BCUT2D eigenvalue weighted by molar-refractivity contribution is -0.125. The second kappa shape index (κ2) is 10.8. The molecule has 1 aromatic carbocycles. The lowest BCUT2D eigenvalue weighted by Crippen LogP contribution is -2.41. The van der Waals surface area contributed by atoms with Crippen molar-refractivity contribution in [3.8, 4) is 0 Å². The highest BCUT2D eigenvalue weighted by atomic mass is 16.2. The molecule has 0 saturated carbocycles. The number of hydrogen-bond donors (Lipinski definition) is 1. The fourth-order valence-corrected chi connectivity index (χ4v) is 4.85. The molecule has 1 N–H and O–H groups in total. The van der Waals surface area contributed by atoms with Crippen molar-refractivity contribution in [3.05, 3.63) is 58.5 Å². The van der Waals surface area contributed by atoms with Gasteiger partial charge in [-0.1, -0.05) is 30.3 Å². The SMILES string of the molecule is Cn1ncc(N2CCC(C(=O)NCCC3CCN(Cc4ccccc4)CC3)CC2)cc1=O. The number of anilines is 1. The molecule has 3 heterocycles. The molecule has 32 heavy (non-hydrogen) atoms. The lowest BCUT2D eigenvalue weighted by atomic mass is 9.92. The monoisotopic (exact) mass is 437 g/mol. The Morgan fingerprint density at radius 1 is 1.06 bits per heavy atom. The molecule has 172 valence electrons. The number of likely N-dealkylation sites (tertiary alicyclic amines) is 1. The maximum absolute atomic E-state index is 12.6. The Labute approximate surface area is 190 Å². The molecule has 2 aliphatic heterocycles. The van der Waals surface area contributed by atoms with E-state index in [1.54, 1.807) is 19.3 Å². The van der Waals surface area contributed by atoms with Crippen LogP contribution in [0.4, 0.5) is 5.69 Å². The van der Waals surface area contributed by atoms with E-state index in [-0.39, 0.29) is 17.4 Å². The van der Waals surface area contributed by atoms with Crippen molar-refractivity contribution in [2.45, 2.75) is 38.6 Å². The molecule has 1 amide bonds. The van der Waals surface area contributed by atoms with Crippen molar-refractivity contribution < 1.29 is 4.79 Å². The van der Waals surface area contributed by atoms with E-state index in [2.05, 4.69) is 50.5 Å². The summed E-state index contributed by atoms with van der Waals surface area (Å²) >= 11 is 0. The Hall–Kier alpha value is -2.67. The molecular weight excluding hydrogens is 402 g/mol. The molecule has 0 bridgehead atoms. The average Bonchev–Trinajstić information content (AvgIpc) is 2.83. The Balaban J connectivity index is 1.12. The summed E-state index contributed by atoms with van der Waals surface area (Å²) in [6.07, 6.45) is 6.87. The Bertz CT molecular complexity index is 929. The van der Waals surface area contributed by atoms with Crippen molar-refractivity contribution in [1.29, 1.82) is 0 Å². The topological polar surface area (TPSA) is 70.5 Å². The minimum Gasteiger partial charge on any atom is -0.370 e. The number of benzene rings is 1. The molecule has 7 nitrogen and oxygen atoms in total. The van der Waals surface area contributed by atoms with Crippen LogP contribution in [0.3, 0.4) is 0 Å². The number of rotatable bonds is 7. The third-order valence-electron chi connectivity index (χ3n) is 6.99. The van der Waals surface area contributed by atoms with Crippen LogP contribution in [0.15, 0.2) is 47.4 Å². The van der Waals surface area contributed by atoms with Gasteiger partial charge in [-0.2, -0.15) is 5.10 Å². The second-order valence-corrected chi connectivity index (χ2v) is 9.22. The van der Waals surface area contributed by atoms with Crippen LogP contribution in [0, 0.1) is 11.8 Å². The van der Waals surface area contributed by atoms with Crippen molar-refractivity contribution in [2.75, 3.05) is 37.6 Å². The molecule has 2 fully saturated rings. The summed E-state index contributed by atoms with van der Waals surface area (Å²) < 4.78 is 1.33. The minimum atomic E-state index is -0.103. The van der Waals surface area contributed by atoms with E-state index >= 15 is 0 Å². The molecule has 0 spiro atoms. The van der Waals surface area contributed by atoms with Gasteiger partial charge in [0.15, 0.2) is 0 Å². The maximum Gasteiger partial charge on any atom is 0.268 e. The number of aromatic nitrogens is 2. The van der Waals surface area contributed by atoms with Gasteiger partial charge in [-0.3, -0.25) is 14.5 Å². The fraction of sp³-hybridized carbons (Fsp3) is 0.560. The largest absolute Gasteiger partial charge is 0.370 e. The van der Waals surface area contributed by atoms with Gasteiger partial charge < -0.3 is 10.2 Å². The van der Waals surface area contributed by atoms with Gasteiger partial charge in [-0.05, 0) is 56.7 Å². The zero-order chi connectivity index (χ0) is 22.3. The predicted octanol–water partition coefficient (Wildman–Crippen LogP) is 2.42. The number of hydrogen-bond acceptors (Lipinski definition) is 5. The fourth-order valence-electron chi connectivity index (χ4n) is 4.85.